The van der Waals surface area contributed by atoms with Crippen molar-refractivity contribution in [3.05, 3.63) is 29.8 Å². The van der Waals surface area contributed by atoms with Gasteiger partial charge in [-0.05, 0) is 37.1 Å². The molecule has 1 aliphatic heterocycles. The summed E-state index contributed by atoms with van der Waals surface area (Å²) in [7, 11) is -3.38. The van der Waals surface area contributed by atoms with Crippen molar-refractivity contribution in [1.82, 2.24) is 4.90 Å². The summed E-state index contributed by atoms with van der Waals surface area (Å²) in [5, 5.41) is 8.27. The molecular weight excluding hydrogens is 276 g/mol. The molecule has 0 bridgehead atoms. The average molecular weight is 292 g/mol. The lowest BCUT2D eigenvalue weighted by Gasteiger charge is -2.31. The Morgan fingerprint density at radius 1 is 1.25 bits per heavy atom. The van der Waals surface area contributed by atoms with Gasteiger partial charge in [0.25, 0.3) is 0 Å². The van der Waals surface area contributed by atoms with Crippen molar-refractivity contribution in [2.45, 2.75) is 29.9 Å². The molecule has 20 heavy (non-hydrogen) atoms. The zero-order valence-corrected chi connectivity index (χ0v) is 12.1. The lowest BCUT2D eigenvalue weighted by Crippen LogP contribution is -2.41. The number of piperidine rings is 1. The van der Waals surface area contributed by atoms with E-state index in [-0.39, 0.29) is 10.8 Å². The molecule has 1 fully saturated rings. The third-order valence-electron chi connectivity index (χ3n) is 3.64. The molecule has 106 valence electrons. The molecule has 1 aromatic rings. The van der Waals surface area contributed by atoms with E-state index in [2.05, 4.69) is 0 Å². The number of hydrogen-bond acceptors (Lipinski definition) is 4. The number of hydrogen-bond donors (Lipinski definition) is 0. The Morgan fingerprint density at radius 3 is 2.25 bits per heavy atom. The second-order valence-electron chi connectivity index (χ2n) is 4.89. The molecule has 6 heteroatoms. The number of benzene rings is 1. The van der Waals surface area contributed by atoms with Crippen LogP contribution in [0.3, 0.4) is 0 Å². The number of amides is 1. The highest BCUT2D eigenvalue weighted by molar-refractivity contribution is 7.92. The highest BCUT2D eigenvalue weighted by atomic mass is 32.2. The molecule has 0 saturated carbocycles. The molecule has 1 amide bonds. The number of sulfone groups is 1. The Kier molecular flexibility index (Phi) is 4.09. The van der Waals surface area contributed by atoms with Crippen LogP contribution in [-0.2, 0) is 14.6 Å². The monoisotopic (exact) mass is 292 g/mol. The lowest BCUT2D eigenvalue weighted by atomic mass is 10.1. The van der Waals surface area contributed by atoms with Crippen LogP contribution in [0.2, 0.25) is 0 Å². The van der Waals surface area contributed by atoms with Gasteiger partial charge in [-0.3, -0.25) is 4.79 Å². The van der Waals surface area contributed by atoms with Gasteiger partial charge in [-0.1, -0.05) is 0 Å². The van der Waals surface area contributed by atoms with Crippen LogP contribution < -0.4 is 0 Å². The first-order chi connectivity index (χ1) is 9.45. The Morgan fingerprint density at radius 2 is 1.80 bits per heavy atom. The fourth-order valence-electron chi connectivity index (χ4n) is 2.39. The largest absolute Gasteiger partial charge is 0.343 e. The van der Waals surface area contributed by atoms with E-state index in [1.807, 2.05) is 6.07 Å². The summed E-state index contributed by atoms with van der Waals surface area (Å²) in [6.07, 6.45) is 0.920. The van der Waals surface area contributed by atoms with Crippen LogP contribution in [0.1, 0.15) is 25.3 Å². The van der Waals surface area contributed by atoms with E-state index in [0.29, 0.717) is 31.5 Å². The minimum atomic E-state index is -3.38. The molecule has 0 spiro atoms. The predicted octanol–water partition coefficient (Wildman–Crippen LogP) is 1.34. The molecule has 2 rings (SSSR count). The van der Waals surface area contributed by atoms with Crippen LogP contribution >= 0.6 is 0 Å². The van der Waals surface area contributed by atoms with Crippen molar-refractivity contribution >= 4 is 15.7 Å². The molecule has 0 aliphatic carbocycles. The van der Waals surface area contributed by atoms with Crippen LogP contribution in [0, 0.1) is 11.3 Å². The number of nitrogens with zero attached hydrogens (tertiary/aromatic N) is 2. The Labute approximate surface area is 118 Å². The smallest absolute Gasteiger partial charge is 0.219 e. The Balaban J connectivity index is 2.15. The van der Waals surface area contributed by atoms with Crippen molar-refractivity contribution in [1.29, 1.82) is 5.26 Å². The summed E-state index contributed by atoms with van der Waals surface area (Å²) in [4.78, 5) is 13.2. The maximum Gasteiger partial charge on any atom is 0.219 e. The first-order valence-corrected chi connectivity index (χ1v) is 7.99. The van der Waals surface area contributed by atoms with Gasteiger partial charge in [-0.2, -0.15) is 5.26 Å². The summed E-state index contributed by atoms with van der Waals surface area (Å²) in [5.74, 6) is -0.0146. The van der Waals surface area contributed by atoms with E-state index in [9.17, 15) is 13.2 Å². The average Bonchev–Trinajstić information content (AvgIpc) is 2.47. The first kappa shape index (κ1) is 14.5. The van der Waals surface area contributed by atoms with Gasteiger partial charge in [0.2, 0.25) is 5.91 Å². The lowest BCUT2D eigenvalue weighted by molar-refractivity contribution is -0.129. The summed E-state index contributed by atoms with van der Waals surface area (Å²) in [5.41, 5.74) is 0.440. The van der Waals surface area contributed by atoms with Crippen LogP contribution in [-0.4, -0.2) is 37.6 Å². The highest BCUT2D eigenvalue weighted by Gasteiger charge is 2.31. The summed E-state index contributed by atoms with van der Waals surface area (Å²) < 4.78 is 25.0. The number of rotatable bonds is 2. The maximum absolute atomic E-state index is 12.5. The van der Waals surface area contributed by atoms with E-state index in [1.165, 1.54) is 31.2 Å². The molecule has 1 heterocycles. The second kappa shape index (κ2) is 5.63. The third kappa shape index (κ3) is 2.83. The van der Waals surface area contributed by atoms with E-state index < -0.39 is 15.1 Å². The van der Waals surface area contributed by atoms with Crippen LogP contribution in [0.4, 0.5) is 0 Å². The van der Waals surface area contributed by atoms with Gasteiger partial charge in [-0.25, -0.2) is 8.42 Å². The normalized spacial score (nSPS) is 16.7. The van der Waals surface area contributed by atoms with Crippen molar-refractivity contribution in [2.75, 3.05) is 13.1 Å². The van der Waals surface area contributed by atoms with Gasteiger partial charge in [0, 0.05) is 20.0 Å². The zero-order valence-electron chi connectivity index (χ0n) is 11.2. The standard InChI is InChI=1S/C14H16N2O3S/c1-11(17)16-8-6-14(7-9-16)20(18,19)13-4-2-12(10-15)3-5-13/h2-5,14H,6-9H2,1H3. The van der Waals surface area contributed by atoms with Crippen molar-refractivity contribution in [3.63, 3.8) is 0 Å². The molecule has 0 N–H and O–H groups in total. The van der Waals surface area contributed by atoms with Gasteiger partial charge in [-0.15, -0.1) is 0 Å². The Bertz CT molecular complexity index is 636. The van der Waals surface area contributed by atoms with E-state index in [1.54, 1.807) is 4.90 Å². The van der Waals surface area contributed by atoms with E-state index >= 15 is 0 Å². The van der Waals surface area contributed by atoms with Crippen LogP contribution in [0.15, 0.2) is 29.2 Å². The molecule has 5 nitrogen and oxygen atoms in total. The summed E-state index contributed by atoms with van der Waals surface area (Å²) in [6, 6.07) is 7.94. The third-order valence-corrected chi connectivity index (χ3v) is 5.92. The second-order valence-corrected chi connectivity index (χ2v) is 7.11. The highest BCUT2D eigenvalue weighted by Crippen LogP contribution is 2.24. The predicted molar refractivity (Wildman–Crippen MR) is 73.6 cm³/mol. The van der Waals surface area contributed by atoms with Gasteiger partial charge in [0.1, 0.15) is 0 Å². The van der Waals surface area contributed by atoms with Crippen LogP contribution in [0.25, 0.3) is 0 Å². The maximum atomic E-state index is 12.5. The first-order valence-electron chi connectivity index (χ1n) is 6.44. The molecule has 0 atom stereocenters. The van der Waals surface area contributed by atoms with Crippen LogP contribution in [0.5, 0.6) is 0 Å². The molecular formula is C14H16N2O3S. The quantitative estimate of drug-likeness (QED) is 0.824. The molecule has 1 aliphatic rings. The van der Waals surface area contributed by atoms with Gasteiger partial charge >= 0.3 is 0 Å². The summed E-state index contributed by atoms with van der Waals surface area (Å²) >= 11 is 0. The minimum Gasteiger partial charge on any atom is -0.343 e. The molecule has 1 aromatic carbocycles. The van der Waals surface area contributed by atoms with Gasteiger partial charge in [0.05, 0.1) is 21.8 Å². The van der Waals surface area contributed by atoms with E-state index in [4.69, 9.17) is 5.26 Å². The van der Waals surface area contributed by atoms with Gasteiger partial charge in [0.15, 0.2) is 9.84 Å². The summed E-state index contributed by atoms with van der Waals surface area (Å²) in [6.45, 7) is 2.46. The molecule has 1 saturated heterocycles. The topological polar surface area (TPSA) is 78.2 Å². The van der Waals surface area contributed by atoms with Crippen molar-refractivity contribution in [2.24, 2.45) is 0 Å². The fourth-order valence-corrected chi connectivity index (χ4v) is 4.12. The van der Waals surface area contributed by atoms with Crippen molar-refractivity contribution < 1.29 is 13.2 Å². The Hall–Kier alpha value is -1.87. The van der Waals surface area contributed by atoms with E-state index in [0.717, 1.165) is 0 Å². The SMILES string of the molecule is CC(=O)N1CCC(S(=O)(=O)c2ccc(C#N)cc2)CC1. The molecule has 0 aromatic heterocycles. The van der Waals surface area contributed by atoms with Gasteiger partial charge < -0.3 is 4.90 Å². The fraction of sp³-hybridized carbons (Fsp3) is 0.429. The number of nitriles is 1. The minimum absolute atomic E-state index is 0.0146. The molecule has 0 radical (unpaired) electrons. The molecule has 0 unspecified atom stereocenters. The zero-order chi connectivity index (χ0) is 14.8. The van der Waals surface area contributed by atoms with Crippen molar-refractivity contribution in [3.8, 4) is 6.07 Å². The number of likely N-dealkylation sites (tertiary alicyclic amines) is 1. The number of carbonyl (C=O) groups excluding carboxylic acids is 1. The number of carbonyl (C=O) groups is 1.